The Kier molecular flexibility index (Phi) is 9.49. The Morgan fingerprint density at radius 2 is 1.20 bits per heavy atom. The van der Waals surface area contributed by atoms with E-state index in [1.165, 1.54) is 62.0 Å². The molecule has 0 atom stereocenters. The lowest BCUT2D eigenvalue weighted by molar-refractivity contribution is 0.879. The molecule has 0 saturated carbocycles. The van der Waals surface area contributed by atoms with Crippen LogP contribution in [0.5, 0.6) is 0 Å². The Bertz CT molecular complexity index is 847. The third-order valence-corrected chi connectivity index (χ3v) is 10.7. The van der Waals surface area contributed by atoms with Crippen LogP contribution in [0.2, 0.25) is 0 Å². The molecule has 0 aliphatic carbocycles. The SMILES string of the molecule is c1ccc2sc(-c3ccc(N4CCSCCSCCSCCSCC4)cc3)nc2c1. The van der Waals surface area contributed by atoms with Gasteiger partial charge in [0.05, 0.1) is 10.2 Å². The molecule has 30 heavy (non-hydrogen) atoms. The summed E-state index contributed by atoms with van der Waals surface area (Å²) in [5, 5.41) is 1.11. The summed E-state index contributed by atoms with van der Waals surface area (Å²) in [6, 6.07) is 17.5. The van der Waals surface area contributed by atoms with E-state index in [0.29, 0.717) is 0 Å². The number of benzene rings is 2. The van der Waals surface area contributed by atoms with Gasteiger partial charge in [-0.25, -0.2) is 4.98 Å². The highest BCUT2D eigenvalue weighted by atomic mass is 32.2. The molecular formula is C23H28N2S5. The van der Waals surface area contributed by atoms with Crippen LogP contribution < -0.4 is 4.90 Å². The maximum absolute atomic E-state index is 4.81. The maximum Gasteiger partial charge on any atom is 0.124 e. The predicted octanol–water partition coefficient (Wildman–Crippen LogP) is 6.72. The third-order valence-electron chi connectivity index (χ3n) is 4.90. The van der Waals surface area contributed by atoms with Crippen molar-refractivity contribution >= 4 is 74.3 Å². The van der Waals surface area contributed by atoms with Gasteiger partial charge in [-0.1, -0.05) is 12.1 Å². The summed E-state index contributed by atoms with van der Waals surface area (Å²) < 4.78 is 1.26. The van der Waals surface area contributed by atoms with Crippen LogP contribution in [0.25, 0.3) is 20.8 Å². The first-order chi connectivity index (χ1) is 14.9. The zero-order valence-corrected chi connectivity index (χ0v) is 21.2. The van der Waals surface area contributed by atoms with Gasteiger partial charge in [0, 0.05) is 70.4 Å². The summed E-state index contributed by atoms with van der Waals surface area (Å²) in [7, 11) is 0. The van der Waals surface area contributed by atoms with Crippen molar-refractivity contribution in [2.24, 2.45) is 0 Å². The summed E-state index contributed by atoms with van der Waals surface area (Å²) in [5.41, 5.74) is 3.66. The molecule has 0 unspecified atom stereocenters. The van der Waals surface area contributed by atoms with E-state index in [4.69, 9.17) is 4.98 Å². The van der Waals surface area contributed by atoms with Crippen LogP contribution in [0.15, 0.2) is 48.5 Å². The summed E-state index contributed by atoms with van der Waals surface area (Å²) in [4.78, 5) is 7.38. The molecule has 0 spiro atoms. The standard InChI is InChI=1S/C23H28N2S5/c1-2-4-22-21(3-1)24-23(30-22)19-5-7-20(8-6-19)25-9-11-26-13-15-28-17-18-29-16-14-27-12-10-25/h1-8H,9-18H2. The number of thiazole rings is 1. The molecule has 7 heteroatoms. The molecule has 0 bridgehead atoms. The first kappa shape index (κ1) is 22.7. The second-order valence-electron chi connectivity index (χ2n) is 6.97. The monoisotopic (exact) mass is 492 g/mol. The van der Waals surface area contributed by atoms with Crippen molar-refractivity contribution < 1.29 is 0 Å². The highest BCUT2D eigenvalue weighted by Gasteiger charge is 2.10. The molecule has 1 saturated heterocycles. The molecule has 2 heterocycles. The molecular weight excluding hydrogens is 465 g/mol. The summed E-state index contributed by atoms with van der Waals surface area (Å²) in [6.45, 7) is 2.26. The minimum absolute atomic E-state index is 1.09. The lowest BCUT2D eigenvalue weighted by Gasteiger charge is -2.25. The lowest BCUT2D eigenvalue weighted by atomic mass is 10.2. The Morgan fingerprint density at radius 3 is 1.80 bits per heavy atom. The maximum atomic E-state index is 4.81. The van der Waals surface area contributed by atoms with Crippen molar-refractivity contribution in [3.05, 3.63) is 48.5 Å². The molecule has 0 radical (unpaired) electrons. The number of aromatic nitrogens is 1. The van der Waals surface area contributed by atoms with Crippen molar-refractivity contribution in [3.63, 3.8) is 0 Å². The fourth-order valence-corrected chi connectivity index (χ4v) is 8.61. The number of thioether (sulfide) groups is 4. The van der Waals surface area contributed by atoms with E-state index in [2.05, 4.69) is 100 Å². The first-order valence-corrected chi connectivity index (χ1v) is 15.9. The molecule has 1 aromatic heterocycles. The van der Waals surface area contributed by atoms with Crippen LogP contribution in [0.3, 0.4) is 0 Å². The van der Waals surface area contributed by atoms with Crippen molar-refractivity contribution in [1.82, 2.24) is 4.98 Å². The topological polar surface area (TPSA) is 16.1 Å². The summed E-state index contributed by atoms with van der Waals surface area (Å²) in [6.07, 6.45) is 0. The number of anilines is 1. The van der Waals surface area contributed by atoms with E-state index in [1.807, 2.05) is 0 Å². The van der Waals surface area contributed by atoms with Gasteiger partial charge in [-0.05, 0) is 36.4 Å². The van der Waals surface area contributed by atoms with Gasteiger partial charge in [-0.15, -0.1) is 11.3 Å². The molecule has 2 nitrogen and oxygen atoms in total. The van der Waals surface area contributed by atoms with E-state index < -0.39 is 0 Å². The molecule has 1 aliphatic heterocycles. The Labute approximate surface area is 201 Å². The minimum Gasteiger partial charge on any atom is -0.370 e. The van der Waals surface area contributed by atoms with E-state index in [-0.39, 0.29) is 0 Å². The quantitative estimate of drug-likeness (QED) is 0.392. The highest BCUT2D eigenvalue weighted by Crippen LogP contribution is 2.31. The second kappa shape index (κ2) is 12.5. The molecule has 4 rings (SSSR count). The molecule has 0 amide bonds. The van der Waals surface area contributed by atoms with Crippen molar-refractivity contribution in [3.8, 4) is 10.6 Å². The van der Waals surface area contributed by atoms with Crippen LogP contribution in [0.4, 0.5) is 5.69 Å². The van der Waals surface area contributed by atoms with E-state index in [0.717, 1.165) is 23.6 Å². The summed E-state index contributed by atoms with van der Waals surface area (Å²) in [5.74, 6) is 10.2. The molecule has 3 aromatic rings. The van der Waals surface area contributed by atoms with Gasteiger partial charge in [0.25, 0.3) is 0 Å². The Morgan fingerprint density at radius 1 is 0.633 bits per heavy atom. The highest BCUT2D eigenvalue weighted by molar-refractivity contribution is 8.05. The zero-order chi connectivity index (χ0) is 20.4. The van der Waals surface area contributed by atoms with Crippen molar-refractivity contribution in [2.75, 3.05) is 64.0 Å². The largest absolute Gasteiger partial charge is 0.370 e. The van der Waals surface area contributed by atoms with Gasteiger partial charge >= 0.3 is 0 Å². The normalized spacial score (nSPS) is 18.1. The van der Waals surface area contributed by atoms with Crippen LogP contribution in [0.1, 0.15) is 0 Å². The van der Waals surface area contributed by atoms with Crippen LogP contribution in [0, 0.1) is 0 Å². The summed E-state index contributed by atoms with van der Waals surface area (Å²) >= 11 is 10.2. The number of fused-ring (bicyclic) bond motifs is 1. The van der Waals surface area contributed by atoms with Gasteiger partial charge in [0.1, 0.15) is 5.01 Å². The fraction of sp³-hybridized carbons (Fsp3) is 0.435. The molecule has 160 valence electrons. The lowest BCUT2D eigenvalue weighted by Crippen LogP contribution is -2.28. The molecule has 2 aromatic carbocycles. The van der Waals surface area contributed by atoms with Crippen LogP contribution >= 0.6 is 58.4 Å². The zero-order valence-electron chi connectivity index (χ0n) is 17.1. The first-order valence-electron chi connectivity index (χ1n) is 10.4. The molecule has 1 fully saturated rings. The van der Waals surface area contributed by atoms with Gasteiger partial charge in [-0.3, -0.25) is 0 Å². The second-order valence-corrected chi connectivity index (χ2v) is 12.9. The average molecular weight is 493 g/mol. The van der Waals surface area contributed by atoms with Crippen molar-refractivity contribution in [1.29, 1.82) is 0 Å². The number of hydrogen-bond acceptors (Lipinski definition) is 7. The predicted molar refractivity (Wildman–Crippen MR) is 147 cm³/mol. The third kappa shape index (κ3) is 6.76. The Balaban J connectivity index is 1.41. The number of rotatable bonds is 2. The fourth-order valence-electron chi connectivity index (χ4n) is 3.29. The molecule has 1 aliphatic rings. The smallest absolute Gasteiger partial charge is 0.124 e. The number of nitrogens with zero attached hydrogens (tertiary/aromatic N) is 2. The van der Waals surface area contributed by atoms with Gasteiger partial charge in [0.2, 0.25) is 0 Å². The number of hydrogen-bond donors (Lipinski definition) is 0. The van der Waals surface area contributed by atoms with Crippen molar-refractivity contribution in [2.45, 2.75) is 0 Å². The van der Waals surface area contributed by atoms with Gasteiger partial charge in [0.15, 0.2) is 0 Å². The number of para-hydroxylation sites is 1. The van der Waals surface area contributed by atoms with Crippen LogP contribution in [-0.2, 0) is 0 Å². The van der Waals surface area contributed by atoms with Gasteiger partial charge < -0.3 is 4.90 Å². The van der Waals surface area contributed by atoms with E-state index in [9.17, 15) is 0 Å². The minimum atomic E-state index is 1.09. The Hall–Kier alpha value is -0.470. The molecule has 0 N–H and O–H groups in total. The van der Waals surface area contributed by atoms with E-state index >= 15 is 0 Å². The van der Waals surface area contributed by atoms with Gasteiger partial charge in [-0.2, -0.15) is 47.0 Å². The average Bonchev–Trinajstić information content (AvgIpc) is 3.21. The van der Waals surface area contributed by atoms with E-state index in [1.54, 1.807) is 11.3 Å². The van der Waals surface area contributed by atoms with Crippen LogP contribution in [-0.4, -0.2) is 64.1 Å².